The average Bonchev–Trinajstić information content (AvgIpc) is 0.755. The van der Waals surface area contributed by atoms with Gasteiger partial charge in [0.25, 0.3) is 0 Å². The fourth-order valence-corrected chi connectivity index (χ4v) is 12.5. The van der Waals surface area contributed by atoms with Crippen LogP contribution in [0.5, 0.6) is 0 Å². The lowest BCUT2D eigenvalue weighted by Crippen LogP contribution is -2.68. The molecule has 586 valence electrons. The predicted octanol–water partition coefficient (Wildman–Crippen LogP) is 11.4. The summed E-state index contributed by atoms with van der Waals surface area (Å²) in [6.45, 7) is -0.463. The van der Waals surface area contributed by atoms with E-state index >= 15 is 0 Å². The third-order valence-electron chi connectivity index (χ3n) is 17.9. The molecule has 3 saturated heterocycles. The van der Waals surface area contributed by atoms with Crippen LogP contribution in [0.2, 0.25) is 0 Å². The van der Waals surface area contributed by atoms with E-state index in [-0.39, 0.29) is 64.1 Å². The van der Waals surface area contributed by atoms with Crippen LogP contribution in [0.25, 0.3) is 10.4 Å². The predicted molar refractivity (Wildman–Crippen MR) is 394 cm³/mol. The molecule has 0 N–H and O–H groups in total. The Morgan fingerprint density at radius 1 is 0.301 bits per heavy atom. The minimum absolute atomic E-state index is 0.00473. The number of carbonyl (C=O) groups is 10. The number of hydrogen-bond donors (Lipinski definition) is 0. The highest BCUT2D eigenvalue weighted by Crippen LogP contribution is 2.39. The first kappa shape index (κ1) is 81.5. The highest BCUT2D eigenvalue weighted by molar-refractivity contribution is 5.94. The number of unbranched alkanes of at least 4 members (excludes halogenated alkanes) is 3. The standard InChI is InChI=1S/C84H79N3O26/c1-52(88)102-65-64(51-101-83-72(111-80(96)60-43-25-11-26-44-60)68(109-78(94)58-39-21-9-22-40-58)66(107-76(92)56-35-17-7-18-36-56)62(105-83)49-99-74(90)54-31-13-5-14-32-54)104-82(98-48-30-4-3-29-47-86-87-85)71(103-53(2)89)70(65)113-84-73(112-81(97)61-45-27-12-28-46-61)69(110-79(95)59-41-23-10-24-42-59)67(108-77(93)57-37-19-8-20-38-57)63(106-84)50-100-75(91)55-33-15-6-16-34-55/h5-28,31-46,62-73,82-84H,3-4,29-30,47-51H2,1-2H3/t62-,63-,64-,65-,66-,67-,68+,69+,70+,71-,72-,73-,82-,83-,84+/m1/s1. The second-order valence-corrected chi connectivity index (χ2v) is 25.8. The van der Waals surface area contributed by atoms with Gasteiger partial charge in [-0.3, -0.25) is 9.59 Å². The fourth-order valence-electron chi connectivity index (χ4n) is 12.5. The highest BCUT2D eigenvalue weighted by Gasteiger charge is 2.60. The molecule has 113 heavy (non-hydrogen) atoms. The van der Waals surface area contributed by atoms with Crippen LogP contribution in [-0.2, 0) is 85.4 Å². The largest absolute Gasteiger partial charge is 0.459 e. The van der Waals surface area contributed by atoms with Crippen LogP contribution >= 0.6 is 0 Å². The van der Waals surface area contributed by atoms with Crippen molar-refractivity contribution in [3.63, 3.8) is 0 Å². The number of nitrogens with zero attached hydrogens (tertiary/aromatic N) is 3. The topological polar surface area (TPSA) is 367 Å². The molecule has 3 heterocycles. The van der Waals surface area contributed by atoms with E-state index < -0.39 is 172 Å². The Morgan fingerprint density at radius 2 is 0.566 bits per heavy atom. The Balaban J connectivity index is 1.04. The summed E-state index contributed by atoms with van der Waals surface area (Å²) in [5.74, 6) is -10.1. The van der Waals surface area contributed by atoms with Crippen LogP contribution in [0.15, 0.2) is 248 Å². The zero-order valence-corrected chi connectivity index (χ0v) is 61.1. The molecule has 29 heteroatoms. The van der Waals surface area contributed by atoms with Crippen LogP contribution < -0.4 is 0 Å². The fraction of sp³-hybridized carbons (Fsp3) is 0.310. The SMILES string of the molecule is CC(=O)O[C@H]1[C@H](OCCCCCCN=[N+]=[N-])O[C@H](CO[C@@H]2O[C@H](COC(=O)c3ccccc3)[C@@H](OC(=O)c3ccccc3)[C@H](OC(=O)c3ccccc3)[C@H]2OC(=O)c2ccccc2)[C@@H](OC(C)=O)[C@@H]1O[C@@H]1O[C@H](COC(=O)c2ccccc2)[C@@H](OC(=O)c2ccccc2)[C@H](OC(=O)c2ccccc2)[C@H]1OC(=O)c1ccccc1. The van der Waals surface area contributed by atoms with E-state index in [2.05, 4.69) is 10.0 Å². The van der Waals surface area contributed by atoms with Gasteiger partial charge in [-0.15, -0.1) is 0 Å². The summed E-state index contributed by atoms with van der Waals surface area (Å²) in [5.41, 5.74) is 8.89. The molecule has 0 bridgehead atoms. The van der Waals surface area contributed by atoms with Gasteiger partial charge >= 0.3 is 59.7 Å². The van der Waals surface area contributed by atoms with Gasteiger partial charge in [0, 0.05) is 31.9 Å². The van der Waals surface area contributed by atoms with Gasteiger partial charge in [0.15, 0.2) is 67.7 Å². The van der Waals surface area contributed by atoms with E-state index in [1.165, 1.54) is 121 Å². The Labute approximate surface area is 648 Å². The van der Waals surface area contributed by atoms with Gasteiger partial charge in [-0.1, -0.05) is 164 Å². The smallest absolute Gasteiger partial charge is 0.338 e. The second kappa shape index (κ2) is 41.0. The van der Waals surface area contributed by atoms with E-state index in [9.17, 15) is 47.9 Å². The van der Waals surface area contributed by atoms with Crippen molar-refractivity contribution < 1.29 is 124 Å². The van der Waals surface area contributed by atoms with Crippen LogP contribution in [0.4, 0.5) is 0 Å². The van der Waals surface area contributed by atoms with Gasteiger partial charge in [0.1, 0.15) is 37.6 Å². The third-order valence-corrected chi connectivity index (χ3v) is 17.9. The minimum atomic E-state index is -2.21. The maximum atomic E-state index is 14.9. The van der Waals surface area contributed by atoms with E-state index in [0.29, 0.717) is 19.3 Å². The van der Waals surface area contributed by atoms with Gasteiger partial charge < -0.3 is 75.8 Å². The van der Waals surface area contributed by atoms with Gasteiger partial charge in [0.2, 0.25) is 0 Å². The quantitative estimate of drug-likeness (QED) is 0.00920. The Hall–Kier alpha value is -12.5. The Morgan fingerprint density at radius 3 is 0.912 bits per heavy atom. The Kier molecular flexibility index (Phi) is 29.6. The molecule has 8 aromatic carbocycles. The van der Waals surface area contributed by atoms with Crippen molar-refractivity contribution >= 4 is 59.7 Å². The molecule has 0 aromatic heterocycles. The number of benzene rings is 8. The van der Waals surface area contributed by atoms with Gasteiger partial charge in [0.05, 0.1) is 51.1 Å². The molecule has 0 radical (unpaired) electrons. The maximum absolute atomic E-state index is 14.9. The van der Waals surface area contributed by atoms with Crippen LogP contribution in [0.1, 0.15) is 122 Å². The first-order valence-electron chi connectivity index (χ1n) is 36.2. The second-order valence-electron chi connectivity index (χ2n) is 25.8. The molecule has 0 saturated carbocycles. The normalized spacial score (nSPS) is 23.0. The number of hydrogen-bond acceptors (Lipinski definition) is 27. The van der Waals surface area contributed by atoms with Crippen molar-refractivity contribution in [2.75, 3.05) is 33.0 Å². The van der Waals surface area contributed by atoms with E-state index in [0.717, 1.165) is 13.8 Å². The molecule has 29 nitrogen and oxygen atoms in total. The lowest BCUT2D eigenvalue weighted by Gasteiger charge is -2.49. The molecule has 0 aliphatic carbocycles. The zero-order valence-electron chi connectivity index (χ0n) is 61.1. The number of esters is 10. The first-order chi connectivity index (χ1) is 55.0. The summed E-state index contributed by atoms with van der Waals surface area (Å²) in [7, 11) is 0. The van der Waals surface area contributed by atoms with Crippen molar-refractivity contribution in [1.82, 2.24) is 0 Å². The molecule has 11 rings (SSSR count). The summed E-state index contributed by atoms with van der Waals surface area (Å²) < 4.78 is 103. The number of ether oxygens (including phenoxy) is 16. The maximum Gasteiger partial charge on any atom is 0.338 e. The molecule has 3 aliphatic rings. The molecule has 3 aliphatic heterocycles. The molecule has 0 amide bonds. The number of rotatable bonds is 33. The van der Waals surface area contributed by atoms with E-state index in [1.54, 1.807) is 121 Å². The molecular weight excluding hydrogens is 1470 g/mol. The molecule has 8 aromatic rings. The molecular formula is C84H79N3O26. The van der Waals surface area contributed by atoms with Crippen molar-refractivity contribution in [2.24, 2.45) is 5.11 Å². The summed E-state index contributed by atoms with van der Waals surface area (Å²) in [4.78, 5) is 147. The summed E-state index contributed by atoms with van der Waals surface area (Å²) in [5, 5.41) is 3.61. The van der Waals surface area contributed by atoms with Crippen molar-refractivity contribution in [3.05, 3.63) is 298 Å². The van der Waals surface area contributed by atoms with Crippen LogP contribution in [0.3, 0.4) is 0 Å². The number of carbonyl (C=O) groups excluding carboxylic acids is 10. The monoisotopic (exact) mass is 1550 g/mol. The Bertz CT molecular complexity index is 4530. The summed E-state index contributed by atoms with van der Waals surface area (Å²) in [6, 6.07) is 61.0. The van der Waals surface area contributed by atoms with E-state index in [4.69, 9.17) is 81.3 Å². The summed E-state index contributed by atoms with van der Waals surface area (Å²) in [6.07, 6.45) is -27.3. The number of azide groups is 1. The van der Waals surface area contributed by atoms with Crippen molar-refractivity contribution in [3.8, 4) is 0 Å². The minimum Gasteiger partial charge on any atom is -0.459 e. The third kappa shape index (κ3) is 22.6. The average molecular weight is 1550 g/mol. The summed E-state index contributed by atoms with van der Waals surface area (Å²) >= 11 is 0. The van der Waals surface area contributed by atoms with Gasteiger partial charge in [-0.05, 0) is 115 Å². The van der Waals surface area contributed by atoms with Gasteiger partial charge in [-0.2, -0.15) is 0 Å². The molecule has 15 atom stereocenters. The van der Waals surface area contributed by atoms with Gasteiger partial charge in [-0.25, -0.2) is 38.4 Å². The first-order valence-corrected chi connectivity index (χ1v) is 36.2. The molecule has 3 fully saturated rings. The van der Waals surface area contributed by atoms with Crippen LogP contribution in [0, 0.1) is 0 Å². The van der Waals surface area contributed by atoms with Crippen molar-refractivity contribution in [1.29, 1.82) is 0 Å². The van der Waals surface area contributed by atoms with Crippen molar-refractivity contribution in [2.45, 2.75) is 132 Å². The highest BCUT2D eigenvalue weighted by atomic mass is 16.8. The molecule has 0 spiro atoms. The molecule has 0 unspecified atom stereocenters. The zero-order chi connectivity index (χ0) is 79.4. The van der Waals surface area contributed by atoms with Crippen LogP contribution in [-0.4, -0.2) is 185 Å². The lowest BCUT2D eigenvalue weighted by molar-refractivity contribution is -0.365. The van der Waals surface area contributed by atoms with E-state index in [1.807, 2.05) is 0 Å². The lowest BCUT2D eigenvalue weighted by atomic mass is 9.95.